The zero-order valence-electron chi connectivity index (χ0n) is 11.5. The Hall–Kier alpha value is -1.50. The van der Waals surface area contributed by atoms with Gasteiger partial charge in [-0.2, -0.15) is 10.4 Å². The maximum absolute atomic E-state index is 9.22. The molecule has 1 aromatic rings. The number of nitrogens with zero attached hydrogens (tertiary/aromatic N) is 4. The molecular weight excluding hydrogens is 212 g/mol. The predicted molar refractivity (Wildman–Crippen MR) is 70.0 cm³/mol. The van der Waals surface area contributed by atoms with Gasteiger partial charge < -0.3 is 4.90 Å². The predicted octanol–water partition coefficient (Wildman–Crippen LogP) is 2.47. The molecular formula is C13H22N4. The Balaban J connectivity index is 3.08. The van der Waals surface area contributed by atoms with Gasteiger partial charge >= 0.3 is 0 Å². The average molecular weight is 234 g/mol. The van der Waals surface area contributed by atoms with Crippen LogP contribution in [0.5, 0.6) is 0 Å². The zero-order chi connectivity index (χ0) is 13.0. The van der Waals surface area contributed by atoms with Crippen LogP contribution in [0.25, 0.3) is 0 Å². The van der Waals surface area contributed by atoms with Crippen LogP contribution in [0.1, 0.15) is 38.4 Å². The monoisotopic (exact) mass is 234 g/mol. The molecule has 0 fully saturated rings. The quantitative estimate of drug-likeness (QED) is 0.786. The Morgan fingerprint density at radius 1 is 1.47 bits per heavy atom. The molecule has 17 heavy (non-hydrogen) atoms. The fraction of sp³-hybridized carbons (Fsp3) is 0.692. The Kier molecular flexibility index (Phi) is 4.56. The Bertz CT molecular complexity index is 414. The summed E-state index contributed by atoms with van der Waals surface area (Å²) in [5, 5.41) is 13.6. The summed E-state index contributed by atoms with van der Waals surface area (Å²) in [7, 11) is 1.91. The van der Waals surface area contributed by atoms with Gasteiger partial charge in [-0.15, -0.1) is 0 Å². The third kappa shape index (κ3) is 2.79. The van der Waals surface area contributed by atoms with Crippen molar-refractivity contribution in [1.29, 1.82) is 5.26 Å². The molecule has 4 nitrogen and oxygen atoms in total. The van der Waals surface area contributed by atoms with Crippen molar-refractivity contribution in [2.45, 2.75) is 34.1 Å². The van der Waals surface area contributed by atoms with Crippen LogP contribution < -0.4 is 4.90 Å². The van der Waals surface area contributed by atoms with Crippen molar-refractivity contribution in [3.05, 3.63) is 11.3 Å². The minimum atomic E-state index is 0.622. The summed E-state index contributed by atoms with van der Waals surface area (Å²) >= 11 is 0. The van der Waals surface area contributed by atoms with Crippen molar-refractivity contribution in [2.75, 3.05) is 18.0 Å². The first kappa shape index (κ1) is 13.6. The van der Waals surface area contributed by atoms with Crippen LogP contribution in [0.15, 0.2) is 0 Å². The van der Waals surface area contributed by atoms with Gasteiger partial charge in [0.2, 0.25) is 0 Å². The fourth-order valence-electron chi connectivity index (χ4n) is 2.01. The third-order valence-electron chi connectivity index (χ3n) is 3.21. The molecule has 0 amide bonds. The molecule has 1 atom stereocenters. The highest BCUT2D eigenvalue weighted by Gasteiger charge is 2.19. The van der Waals surface area contributed by atoms with Crippen molar-refractivity contribution in [3.8, 4) is 6.07 Å². The minimum Gasteiger partial charge on any atom is -0.356 e. The van der Waals surface area contributed by atoms with Crippen LogP contribution in [0.4, 0.5) is 5.82 Å². The summed E-state index contributed by atoms with van der Waals surface area (Å²) < 4.78 is 1.82. The number of aromatic nitrogens is 2. The molecule has 0 saturated carbocycles. The molecule has 0 saturated heterocycles. The zero-order valence-corrected chi connectivity index (χ0v) is 11.5. The van der Waals surface area contributed by atoms with Crippen molar-refractivity contribution in [2.24, 2.45) is 13.0 Å². The molecule has 0 N–H and O–H groups in total. The molecule has 4 heteroatoms. The fourth-order valence-corrected chi connectivity index (χ4v) is 2.01. The number of hydrogen-bond acceptors (Lipinski definition) is 3. The summed E-state index contributed by atoms with van der Waals surface area (Å²) in [4.78, 5) is 2.24. The smallest absolute Gasteiger partial charge is 0.144 e. The largest absolute Gasteiger partial charge is 0.356 e. The average Bonchev–Trinajstić information content (AvgIpc) is 2.60. The van der Waals surface area contributed by atoms with E-state index in [0.29, 0.717) is 11.5 Å². The molecule has 0 bridgehead atoms. The molecule has 1 rings (SSSR count). The molecule has 0 spiro atoms. The maximum atomic E-state index is 9.22. The minimum absolute atomic E-state index is 0.622. The van der Waals surface area contributed by atoms with Crippen molar-refractivity contribution in [1.82, 2.24) is 9.78 Å². The first-order valence-electron chi connectivity index (χ1n) is 6.23. The second-order valence-corrected chi connectivity index (χ2v) is 4.57. The van der Waals surface area contributed by atoms with E-state index in [9.17, 15) is 5.26 Å². The highest BCUT2D eigenvalue weighted by molar-refractivity contribution is 5.56. The van der Waals surface area contributed by atoms with E-state index < -0.39 is 0 Å². The van der Waals surface area contributed by atoms with Crippen LogP contribution in [-0.2, 0) is 7.05 Å². The second kappa shape index (κ2) is 5.72. The van der Waals surface area contributed by atoms with E-state index in [4.69, 9.17) is 0 Å². The van der Waals surface area contributed by atoms with Crippen molar-refractivity contribution >= 4 is 5.82 Å². The van der Waals surface area contributed by atoms with Crippen LogP contribution in [0.2, 0.25) is 0 Å². The molecule has 0 aliphatic rings. The normalized spacial score (nSPS) is 12.2. The van der Waals surface area contributed by atoms with Crippen LogP contribution in [-0.4, -0.2) is 22.9 Å². The third-order valence-corrected chi connectivity index (χ3v) is 3.21. The van der Waals surface area contributed by atoms with Gasteiger partial charge in [0.1, 0.15) is 17.5 Å². The molecule has 0 aliphatic carbocycles. The van der Waals surface area contributed by atoms with Crippen molar-refractivity contribution in [3.63, 3.8) is 0 Å². The van der Waals surface area contributed by atoms with Crippen LogP contribution >= 0.6 is 0 Å². The number of nitriles is 1. The summed E-state index contributed by atoms with van der Waals surface area (Å²) in [5.74, 6) is 1.57. The van der Waals surface area contributed by atoms with Gasteiger partial charge in [0.05, 0.1) is 5.69 Å². The molecule has 0 aliphatic heterocycles. The first-order chi connectivity index (χ1) is 8.04. The van der Waals surface area contributed by atoms with Gasteiger partial charge in [-0.1, -0.05) is 20.3 Å². The van der Waals surface area contributed by atoms with Crippen LogP contribution in [0.3, 0.4) is 0 Å². The lowest BCUT2D eigenvalue weighted by atomic mass is 10.1. The summed E-state index contributed by atoms with van der Waals surface area (Å²) in [6, 6.07) is 2.27. The van der Waals surface area contributed by atoms with Gasteiger partial charge in [0.15, 0.2) is 0 Å². The van der Waals surface area contributed by atoms with E-state index >= 15 is 0 Å². The van der Waals surface area contributed by atoms with E-state index in [0.717, 1.165) is 31.0 Å². The lowest BCUT2D eigenvalue weighted by Crippen LogP contribution is -2.30. The lowest BCUT2D eigenvalue weighted by molar-refractivity contribution is 0.538. The van der Waals surface area contributed by atoms with E-state index in [1.54, 1.807) is 0 Å². The van der Waals surface area contributed by atoms with E-state index in [-0.39, 0.29) is 0 Å². The van der Waals surface area contributed by atoms with E-state index in [2.05, 4.69) is 36.8 Å². The highest BCUT2D eigenvalue weighted by atomic mass is 15.4. The molecule has 94 valence electrons. The highest BCUT2D eigenvalue weighted by Crippen LogP contribution is 2.23. The molecule has 0 aromatic carbocycles. The van der Waals surface area contributed by atoms with Gasteiger partial charge in [0.25, 0.3) is 0 Å². The van der Waals surface area contributed by atoms with E-state index in [1.165, 1.54) is 0 Å². The Morgan fingerprint density at radius 2 is 2.12 bits per heavy atom. The number of rotatable bonds is 5. The summed E-state index contributed by atoms with van der Waals surface area (Å²) in [5.41, 5.74) is 1.52. The molecule has 1 unspecified atom stereocenters. The Morgan fingerprint density at radius 3 is 2.59 bits per heavy atom. The standard InChI is InChI=1S/C13H22N4/c1-6-10(3)9-17(7-2)13-12(8-14)11(4)15-16(13)5/h10H,6-7,9H2,1-5H3. The summed E-state index contributed by atoms with van der Waals surface area (Å²) in [6.07, 6.45) is 1.15. The topological polar surface area (TPSA) is 44.9 Å². The second-order valence-electron chi connectivity index (χ2n) is 4.57. The lowest BCUT2D eigenvalue weighted by Gasteiger charge is -2.26. The van der Waals surface area contributed by atoms with Gasteiger partial charge in [-0.05, 0) is 19.8 Å². The molecule has 1 aromatic heterocycles. The van der Waals surface area contributed by atoms with Crippen LogP contribution in [0, 0.1) is 24.2 Å². The number of anilines is 1. The maximum Gasteiger partial charge on any atom is 0.144 e. The first-order valence-corrected chi connectivity index (χ1v) is 6.23. The number of hydrogen-bond donors (Lipinski definition) is 0. The molecule has 1 heterocycles. The van der Waals surface area contributed by atoms with Gasteiger partial charge in [-0.25, -0.2) is 0 Å². The van der Waals surface area contributed by atoms with Crippen molar-refractivity contribution < 1.29 is 0 Å². The van der Waals surface area contributed by atoms with Gasteiger partial charge in [0, 0.05) is 20.1 Å². The summed E-state index contributed by atoms with van der Waals surface area (Å²) in [6.45, 7) is 10.3. The number of aryl methyl sites for hydroxylation is 2. The molecule has 0 radical (unpaired) electrons. The van der Waals surface area contributed by atoms with Gasteiger partial charge in [-0.3, -0.25) is 4.68 Å². The van der Waals surface area contributed by atoms with E-state index in [1.807, 2.05) is 18.7 Å². The SMILES string of the molecule is CCC(C)CN(CC)c1c(C#N)c(C)nn1C. The Labute approximate surface area is 104 Å².